The number of hydrogen-bond donors (Lipinski definition) is 3. The highest BCUT2D eigenvalue weighted by Gasteiger charge is 2.34. The number of carbonyl (C=O) groups excluding carboxylic acids is 2. The van der Waals surface area contributed by atoms with E-state index in [0.717, 1.165) is 0 Å². The van der Waals surface area contributed by atoms with Gasteiger partial charge in [0.25, 0.3) is 11.8 Å². The van der Waals surface area contributed by atoms with Crippen LogP contribution in [0.5, 0.6) is 5.75 Å². The van der Waals surface area contributed by atoms with Gasteiger partial charge < -0.3 is 20.5 Å². The third-order valence-electron chi connectivity index (χ3n) is 3.49. The summed E-state index contributed by atoms with van der Waals surface area (Å²) in [4.78, 5) is 34.8. The van der Waals surface area contributed by atoms with E-state index in [1.165, 1.54) is 19.1 Å². The fourth-order valence-electron chi connectivity index (χ4n) is 2.26. The second-order valence-electron chi connectivity index (χ2n) is 5.39. The largest absolute Gasteiger partial charge is 0.482 e. The molecule has 7 nitrogen and oxygen atoms in total. The van der Waals surface area contributed by atoms with Crippen molar-refractivity contribution in [2.75, 3.05) is 11.9 Å². The molecule has 1 heterocycles. The van der Waals surface area contributed by atoms with Gasteiger partial charge in [0.05, 0.1) is 5.69 Å². The Morgan fingerprint density at radius 2 is 2.18 bits per heavy atom. The van der Waals surface area contributed by atoms with Crippen LogP contribution in [0.25, 0.3) is 0 Å². The summed E-state index contributed by atoms with van der Waals surface area (Å²) >= 11 is 0. The minimum Gasteiger partial charge on any atom is -0.482 e. The second kappa shape index (κ2) is 6.05. The number of nitrogens with one attached hydrogen (secondary N) is 2. The van der Waals surface area contributed by atoms with E-state index in [4.69, 9.17) is 4.74 Å². The number of amides is 2. The van der Waals surface area contributed by atoms with E-state index in [2.05, 4.69) is 10.6 Å². The van der Waals surface area contributed by atoms with Gasteiger partial charge in [-0.05, 0) is 31.5 Å². The van der Waals surface area contributed by atoms with Gasteiger partial charge >= 0.3 is 5.97 Å². The summed E-state index contributed by atoms with van der Waals surface area (Å²) in [7, 11) is 0. The maximum absolute atomic E-state index is 12.3. The Morgan fingerprint density at radius 1 is 1.45 bits per heavy atom. The van der Waals surface area contributed by atoms with Crippen LogP contribution in [-0.2, 0) is 9.59 Å². The average molecular weight is 306 g/mol. The highest BCUT2D eigenvalue weighted by molar-refractivity contribution is 6.00. The number of fused-ring (bicyclic) bond motifs is 1. The van der Waals surface area contributed by atoms with Crippen molar-refractivity contribution in [3.63, 3.8) is 0 Å². The van der Waals surface area contributed by atoms with Crippen molar-refractivity contribution in [3.05, 3.63) is 23.8 Å². The van der Waals surface area contributed by atoms with Crippen LogP contribution in [0.3, 0.4) is 0 Å². The molecule has 0 radical (unpaired) electrons. The SMILES string of the molecule is CCCC(C)(NC(=O)c1ccc2c(c1)OCC(=O)N2)C(=O)O. The molecule has 0 aliphatic carbocycles. The van der Waals surface area contributed by atoms with Gasteiger partial charge in [0.15, 0.2) is 6.61 Å². The minimum atomic E-state index is -1.32. The number of benzene rings is 1. The molecule has 1 unspecified atom stereocenters. The third-order valence-corrected chi connectivity index (χ3v) is 3.49. The lowest BCUT2D eigenvalue weighted by atomic mass is 9.95. The molecule has 118 valence electrons. The van der Waals surface area contributed by atoms with E-state index in [0.29, 0.717) is 24.3 Å². The fourth-order valence-corrected chi connectivity index (χ4v) is 2.26. The molecule has 2 amide bonds. The Hall–Kier alpha value is -2.57. The van der Waals surface area contributed by atoms with Crippen molar-refractivity contribution in [2.45, 2.75) is 32.2 Å². The smallest absolute Gasteiger partial charge is 0.329 e. The average Bonchev–Trinajstić information content (AvgIpc) is 2.46. The van der Waals surface area contributed by atoms with Gasteiger partial charge in [0.2, 0.25) is 0 Å². The van der Waals surface area contributed by atoms with Crippen LogP contribution in [0.4, 0.5) is 5.69 Å². The monoisotopic (exact) mass is 306 g/mol. The van der Waals surface area contributed by atoms with E-state index in [1.54, 1.807) is 6.07 Å². The fraction of sp³-hybridized carbons (Fsp3) is 0.400. The summed E-state index contributed by atoms with van der Waals surface area (Å²) in [5.74, 6) is -1.45. The molecule has 2 rings (SSSR count). The van der Waals surface area contributed by atoms with Crippen LogP contribution in [-0.4, -0.2) is 35.0 Å². The van der Waals surface area contributed by atoms with Crippen LogP contribution >= 0.6 is 0 Å². The lowest BCUT2D eigenvalue weighted by Crippen LogP contribution is -2.52. The Balaban J connectivity index is 2.19. The molecule has 0 saturated carbocycles. The summed E-state index contributed by atoms with van der Waals surface area (Å²) < 4.78 is 5.24. The lowest BCUT2D eigenvalue weighted by molar-refractivity contribution is -0.144. The van der Waals surface area contributed by atoms with E-state index < -0.39 is 17.4 Å². The van der Waals surface area contributed by atoms with E-state index in [9.17, 15) is 19.5 Å². The van der Waals surface area contributed by atoms with Gasteiger partial charge in [-0.3, -0.25) is 9.59 Å². The summed E-state index contributed by atoms with van der Waals surface area (Å²) in [6.07, 6.45) is 0.952. The zero-order valence-corrected chi connectivity index (χ0v) is 12.4. The van der Waals surface area contributed by atoms with E-state index >= 15 is 0 Å². The predicted octanol–water partition coefficient (Wildman–Crippen LogP) is 1.39. The first-order valence-corrected chi connectivity index (χ1v) is 6.98. The summed E-state index contributed by atoms with van der Waals surface area (Å²) in [5.41, 5.74) is -0.558. The first-order valence-electron chi connectivity index (χ1n) is 6.98. The Morgan fingerprint density at radius 3 is 2.82 bits per heavy atom. The molecule has 22 heavy (non-hydrogen) atoms. The molecule has 1 aromatic carbocycles. The third kappa shape index (κ3) is 3.19. The standard InChI is InChI=1S/C15H18N2O5/c1-3-6-15(2,14(20)21)17-13(19)9-4-5-10-11(7-9)22-8-12(18)16-10/h4-5,7H,3,6,8H2,1-2H3,(H,16,18)(H,17,19)(H,20,21). The lowest BCUT2D eigenvalue weighted by Gasteiger charge is -2.26. The van der Waals surface area contributed by atoms with Crippen molar-refractivity contribution >= 4 is 23.5 Å². The van der Waals surface area contributed by atoms with Crippen LogP contribution < -0.4 is 15.4 Å². The van der Waals surface area contributed by atoms with Crippen molar-refractivity contribution in [1.82, 2.24) is 5.32 Å². The molecule has 0 bridgehead atoms. The van der Waals surface area contributed by atoms with Crippen molar-refractivity contribution < 1.29 is 24.2 Å². The summed E-state index contributed by atoms with van der Waals surface area (Å²) in [6.45, 7) is 3.22. The van der Waals surface area contributed by atoms with Gasteiger partial charge in [-0.15, -0.1) is 0 Å². The van der Waals surface area contributed by atoms with Crippen LogP contribution in [0.1, 0.15) is 37.0 Å². The first kappa shape index (κ1) is 15.8. The van der Waals surface area contributed by atoms with E-state index in [-0.39, 0.29) is 18.1 Å². The zero-order chi connectivity index (χ0) is 16.3. The second-order valence-corrected chi connectivity index (χ2v) is 5.39. The number of carboxylic acids is 1. The number of rotatable bonds is 5. The molecule has 1 aromatic rings. The highest BCUT2D eigenvalue weighted by Crippen LogP contribution is 2.28. The molecule has 1 aliphatic heterocycles. The first-order chi connectivity index (χ1) is 10.4. The molecular formula is C15H18N2O5. The predicted molar refractivity (Wildman–Crippen MR) is 79.0 cm³/mol. The number of aliphatic carboxylic acids is 1. The number of carbonyl (C=O) groups is 3. The van der Waals surface area contributed by atoms with Crippen molar-refractivity contribution in [2.24, 2.45) is 0 Å². The van der Waals surface area contributed by atoms with Gasteiger partial charge in [0, 0.05) is 5.56 Å². The topological polar surface area (TPSA) is 105 Å². The summed E-state index contributed by atoms with van der Waals surface area (Å²) in [6, 6.07) is 4.55. The van der Waals surface area contributed by atoms with E-state index in [1.807, 2.05) is 6.92 Å². The molecule has 0 fully saturated rings. The van der Waals surface area contributed by atoms with Gasteiger partial charge in [-0.1, -0.05) is 13.3 Å². The molecular weight excluding hydrogens is 288 g/mol. The molecule has 0 spiro atoms. The van der Waals surface area contributed by atoms with Gasteiger partial charge in [-0.25, -0.2) is 4.79 Å². The number of hydrogen-bond acceptors (Lipinski definition) is 4. The Kier molecular flexibility index (Phi) is 4.35. The van der Waals surface area contributed by atoms with Crippen molar-refractivity contribution in [1.29, 1.82) is 0 Å². The Labute approximate surface area is 127 Å². The van der Waals surface area contributed by atoms with Gasteiger partial charge in [-0.2, -0.15) is 0 Å². The minimum absolute atomic E-state index is 0.110. The molecule has 1 aliphatic rings. The quantitative estimate of drug-likeness (QED) is 0.762. The van der Waals surface area contributed by atoms with Crippen molar-refractivity contribution in [3.8, 4) is 5.75 Å². The number of carboxylic acid groups (broad SMARTS) is 1. The molecule has 0 aromatic heterocycles. The van der Waals surface area contributed by atoms with Gasteiger partial charge in [0.1, 0.15) is 11.3 Å². The normalized spacial score (nSPS) is 15.8. The summed E-state index contributed by atoms with van der Waals surface area (Å²) in [5, 5.41) is 14.5. The van der Waals surface area contributed by atoms with Crippen LogP contribution in [0.15, 0.2) is 18.2 Å². The number of ether oxygens (including phenoxy) is 1. The molecule has 1 atom stereocenters. The maximum Gasteiger partial charge on any atom is 0.329 e. The number of anilines is 1. The van der Waals surface area contributed by atoms with Crippen LogP contribution in [0.2, 0.25) is 0 Å². The zero-order valence-electron chi connectivity index (χ0n) is 12.4. The van der Waals surface area contributed by atoms with Crippen LogP contribution in [0, 0.1) is 0 Å². The Bertz CT molecular complexity index is 628. The highest BCUT2D eigenvalue weighted by atomic mass is 16.5. The molecule has 0 saturated heterocycles. The maximum atomic E-state index is 12.3. The molecule has 7 heteroatoms. The molecule has 3 N–H and O–H groups in total.